The van der Waals surface area contributed by atoms with Gasteiger partial charge in [-0.15, -0.1) is 0 Å². The molecule has 4 nitrogen and oxygen atoms in total. The van der Waals surface area contributed by atoms with Gasteiger partial charge in [-0.2, -0.15) is 0 Å². The zero-order valence-electron chi connectivity index (χ0n) is 10.7. The number of anilines is 1. The number of carbonyl (C=O) groups is 1. The van der Waals surface area contributed by atoms with Crippen molar-refractivity contribution in [2.45, 2.75) is 45.6 Å². The Balaban J connectivity index is 2.13. The van der Waals surface area contributed by atoms with E-state index in [4.69, 9.17) is 0 Å². The molecule has 1 aliphatic rings. The van der Waals surface area contributed by atoms with Crippen molar-refractivity contribution in [2.75, 3.05) is 11.9 Å². The molecule has 0 saturated heterocycles. The summed E-state index contributed by atoms with van der Waals surface area (Å²) in [7, 11) is 2.02. The van der Waals surface area contributed by atoms with E-state index in [1.807, 2.05) is 27.0 Å². The van der Waals surface area contributed by atoms with Crippen LogP contribution < -0.4 is 4.90 Å². The Kier molecular flexibility index (Phi) is 3.41. The predicted octanol–water partition coefficient (Wildman–Crippen LogP) is 2.04. The fourth-order valence-corrected chi connectivity index (χ4v) is 2.34. The number of aryl methyl sites for hydroxylation is 2. The zero-order chi connectivity index (χ0) is 12.4. The molecule has 0 atom stereocenters. The molecule has 1 aromatic rings. The van der Waals surface area contributed by atoms with Gasteiger partial charge in [0.15, 0.2) is 0 Å². The summed E-state index contributed by atoms with van der Waals surface area (Å²) in [5, 5.41) is 0. The molecule has 1 aliphatic carbocycles. The highest BCUT2D eigenvalue weighted by atomic mass is 16.1. The van der Waals surface area contributed by atoms with Gasteiger partial charge in [0, 0.05) is 37.3 Å². The summed E-state index contributed by atoms with van der Waals surface area (Å²) in [6.45, 7) is 3.97. The van der Waals surface area contributed by atoms with Crippen molar-refractivity contribution in [3.8, 4) is 0 Å². The maximum absolute atomic E-state index is 11.2. The maximum atomic E-state index is 11.2. The smallest absolute Gasteiger partial charge is 0.225 e. The lowest BCUT2D eigenvalue weighted by Crippen LogP contribution is -2.36. The quantitative estimate of drug-likeness (QED) is 0.784. The first kappa shape index (κ1) is 12.0. The number of Topliss-reactive ketones (excluding diaryl/α,β-unsaturated/α-hetero) is 1. The highest BCUT2D eigenvalue weighted by molar-refractivity contribution is 5.79. The zero-order valence-corrected chi connectivity index (χ0v) is 10.7. The van der Waals surface area contributed by atoms with Gasteiger partial charge in [-0.25, -0.2) is 9.97 Å². The third-order valence-corrected chi connectivity index (χ3v) is 3.35. The normalized spacial score (nSPS) is 17.2. The van der Waals surface area contributed by atoms with Crippen molar-refractivity contribution in [1.29, 1.82) is 0 Å². The van der Waals surface area contributed by atoms with E-state index in [0.717, 1.165) is 30.2 Å². The van der Waals surface area contributed by atoms with Crippen molar-refractivity contribution in [3.05, 3.63) is 17.5 Å². The molecular weight excluding hydrogens is 214 g/mol. The van der Waals surface area contributed by atoms with Gasteiger partial charge in [0.25, 0.3) is 0 Å². The van der Waals surface area contributed by atoms with Crippen LogP contribution in [0.4, 0.5) is 5.95 Å². The number of ketones is 1. The summed E-state index contributed by atoms with van der Waals surface area (Å²) in [6, 6.07) is 2.37. The van der Waals surface area contributed by atoms with E-state index in [2.05, 4.69) is 14.9 Å². The van der Waals surface area contributed by atoms with Crippen molar-refractivity contribution >= 4 is 11.7 Å². The number of hydrogen-bond acceptors (Lipinski definition) is 4. The Morgan fingerprint density at radius 3 is 2.24 bits per heavy atom. The molecule has 4 heteroatoms. The molecule has 17 heavy (non-hydrogen) atoms. The lowest BCUT2D eigenvalue weighted by atomic mass is 9.93. The van der Waals surface area contributed by atoms with Crippen molar-refractivity contribution in [1.82, 2.24) is 9.97 Å². The molecule has 0 radical (unpaired) electrons. The van der Waals surface area contributed by atoms with Crippen LogP contribution in [0.5, 0.6) is 0 Å². The largest absolute Gasteiger partial charge is 0.341 e. The molecule has 0 spiro atoms. The molecule has 1 aromatic heterocycles. The number of hydrogen-bond donors (Lipinski definition) is 0. The van der Waals surface area contributed by atoms with Crippen LogP contribution in [-0.4, -0.2) is 28.8 Å². The third kappa shape index (κ3) is 2.81. The Hall–Kier alpha value is -1.45. The summed E-state index contributed by atoms with van der Waals surface area (Å²) in [4.78, 5) is 22.3. The second-order valence-corrected chi connectivity index (χ2v) is 4.83. The standard InChI is InChI=1S/C13H19N3O/c1-9-8-10(2)15-13(14-9)16(3)11-4-6-12(17)7-5-11/h8,11H,4-7H2,1-3H3. The maximum Gasteiger partial charge on any atom is 0.225 e. The molecule has 1 fully saturated rings. The summed E-state index contributed by atoms with van der Waals surface area (Å²) in [5.41, 5.74) is 1.98. The Labute approximate surface area is 102 Å². The molecule has 2 rings (SSSR count). The molecule has 0 amide bonds. The van der Waals surface area contributed by atoms with Gasteiger partial charge >= 0.3 is 0 Å². The van der Waals surface area contributed by atoms with Gasteiger partial charge in [-0.1, -0.05) is 0 Å². The number of aromatic nitrogens is 2. The highest BCUT2D eigenvalue weighted by Crippen LogP contribution is 2.22. The number of carbonyl (C=O) groups excluding carboxylic acids is 1. The molecule has 1 saturated carbocycles. The Morgan fingerprint density at radius 2 is 1.71 bits per heavy atom. The van der Waals surface area contributed by atoms with Gasteiger partial charge in [0.2, 0.25) is 5.95 Å². The Morgan fingerprint density at radius 1 is 1.18 bits per heavy atom. The number of rotatable bonds is 2. The minimum Gasteiger partial charge on any atom is -0.341 e. The van der Waals surface area contributed by atoms with Gasteiger partial charge in [0.1, 0.15) is 5.78 Å². The molecule has 0 unspecified atom stereocenters. The van der Waals surface area contributed by atoms with Crippen LogP contribution in [0.2, 0.25) is 0 Å². The minimum atomic E-state index is 0.385. The predicted molar refractivity (Wildman–Crippen MR) is 67.2 cm³/mol. The van der Waals surface area contributed by atoms with E-state index in [-0.39, 0.29) is 0 Å². The van der Waals surface area contributed by atoms with Gasteiger partial charge in [-0.3, -0.25) is 4.79 Å². The highest BCUT2D eigenvalue weighted by Gasteiger charge is 2.23. The molecular formula is C13H19N3O. The van der Waals surface area contributed by atoms with Gasteiger partial charge in [-0.05, 0) is 32.8 Å². The first-order valence-corrected chi connectivity index (χ1v) is 6.13. The third-order valence-electron chi connectivity index (χ3n) is 3.35. The van der Waals surface area contributed by atoms with E-state index in [0.29, 0.717) is 24.7 Å². The van der Waals surface area contributed by atoms with Crippen molar-refractivity contribution in [3.63, 3.8) is 0 Å². The average Bonchev–Trinajstić information content (AvgIpc) is 2.28. The van der Waals surface area contributed by atoms with Crippen LogP contribution in [0.1, 0.15) is 37.1 Å². The summed E-state index contributed by atoms with van der Waals surface area (Å²) in [5.74, 6) is 1.16. The van der Waals surface area contributed by atoms with Crippen LogP contribution in [-0.2, 0) is 4.79 Å². The molecule has 1 heterocycles. The Bertz CT molecular complexity index is 400. The fourth-order valence-electron chi connectivity index (χ4n) is 2.34. The van der Waals surface area contributed by atoms with Crippen LogP contribution in [0.3, 0.4) is 0 Å². The van der Waals surface area contributed by atoms with Crippen molar-refractivity contribution < 1.29 is 4.79 Å². The van der Waals surface area contributed by atoms with Gasteiger partial charge in [0.05, 0.1) is 0 Å². The van der Waals surface area contributed by atoms with Crippen LogP contribution >= 0.6 is 0 Å². The molecule has 0 aliphatic heterocycles. The summed E-state index contributed by atoms with van der Waals surface area (Å²) >= 11 is 0. The monoisotopic (exact) mass is 233 g/mol. The number of nitrogens with zero attached hydrogens (tertiary/aromatic N) is 3. The van der Waals surface area contributed by atoms with E-state index >= 15 is 0 Å². The van der Waals surface area contributed by atoms with Gasteiger partial charge < -0.3 is 4.90 Å². The molecule has 0 N–H and O–H groups in total. The fraction of sp³-hybridized carbons (Fsp3) is 0.615. The van der Waals surface area contributed by atoms with Crippen LogP contribution in [0.25, 0.3) is 0 Å². The topological polar surface area (TPSA) is 46.1 Å². The average molecular weight is 233 g/mol. The van der Waals surface area contributed by atoms with Crippen LogP contribution in [0, 0.1) is 13.8 Å². The lowest BCUT2D eigenvalue weighted by Gasteiger charge is -2.30. The molecule has 92 valence electrons. The first-order chi connectivity index (χ1) is 8.06. The van der Waals surface area contributed by atoms with E-state index in [1.54, 1.807) is 0 Å². The van der Waals surface area contributed by atoms with E-state index < -0.39 is 0 Å². The van der Waals surface area contributed by atoms with E-state index in [1.165, 1.54) is 0 Å². The van der Waals surface area contributed by atoms with Crippen LogP contribution in [0.15, 0.2) is 6.07 Å². The van der Waals surface area contributed by atoms with E-state index in [9.17, 15) is 4.79 Å². The SMILES string of the molecule is Cc1cc(C)nc(N(C)C2CCC(=O)CC2)n1. The molecule has 0 bridgehead atoms. The second-order valence-electron chi connectivity index (χ2n) is 4.83. The lowest BCUT2D eigenvalue weighted by molar-refractivity contribution is -0.120. The molecule has 0 aromatic carbocycles. The van der Waals surface area contributed by atoms with Crippen molar-refractivity contribution in [2.24, 2.45) is 0 Å². The first-order valence-electron chi connectivity index (χ1n) is 6.13. The summed E-state index contributed by atoms with van der Waals surface area (Å²) < 4.78 is 0. The second kappa shape index (κ2) is 4.82. The minimum absolute atomic E-state index is 0.385. The summed E-state index contributed by atoms with van der Waals surface area (Å²) in [6.07, 6.45) is 3.23.